The summed E-state index contributed by atoms with van der Waals surface area (Å²) in [5.41, 5.74) is 2.29. The Kier molecular flexibility index (Phi) is 3.99. The molecule has 1 aliphatic carbocycles. The Bertz CT molecular complexity index is 772. The highest BCUT2D eigenvalue weighted by atomic mass is 16.1. The second-order valence-corrected chi connectivity index (χ2v) is 6.38. The molecule has 2 nitrogen and oxygen atoms in total. The number of carbonyl (C=O) groups is 2. The standard InChI is InChI=1S/C21H20O2/c1-15-13-14-21(2,20(23)17-11-7-4-8-12-17)18(15)19(22)16-9-5-3-6-10-16/h3-12H,13-14H2,1-2H3. The molecule has 0 bridgehead atoms. The summed E-state index contributed by atoms with van der Waals surface area (Å²) in [6.45, 7) is 3.88. The monoisotopic (exact) mass is 304 g/mol. The third-order valence-corrected chi connectivity index (χ3v) is 4.78. The molecule has 2 aromatic rings. The zero-order valence-electron chi connectivity index (χ0n) is 13.5. The van der Waals surface area contributed by atoms with Crippen molar-refractivity contribution in [2.24, 2.45) is 5.41 Å². The summed E-state index contributed by atoms with van der Waals surface area (Å²) < 4.78 is 0. The van der Waals surface area contributed by atoms with E-state index in [1.54, 1.807) is 0 Å². The summed E-state index contributed by atoms with van der Waals surface area (Å²) >= 11 is 0. The predicted octanol–water partition coefficient (Wildman–Crippen LogP) is 4.87. The van der Waals surface area contributed by atoms with E-state index < -0.39 is 5.41 Å². The molecule has 1 atom stereocenters. The number of rotatable bonds is 4. The van der Waals surface area contributed by atoms with Crippen molar-refractivity contribution in [3.8, 4) is 0 Å². The van der Waals surface area contributed by atoms with E-state index in [1.807, 2.05) is 74.5 Å². The van der Waals surface area contributed by atoms with Crippen molar-refractivity contribution >= 4 is 11.6 Å². The predicted molar refractivity (Wildman–Crippen MR) is 91.6 cm³/mol. The van der Waals surface area contributed by atoms with Gasteiger partial charge in [0.2, 0.25) is 0 Å². The number of hydrogen-bond acceptors (Lipinski definition) is 2. The maximum atomic E-state index is 13.1. The van der Waals surface area contributed by atoms with Crippen LogP contribution in [-0.4, -0.2) is 11.6 Å². The molecule has 0 aromatic heterocycles. The average Bonchev–Trinajstić information content (AvgIpc) is 2.91. The molecule has 2 aromatic carbocycles. The third-order valence-electron chi connectivity index (χ3n) is 4.78. The van der Waals surface area contributed by atoms with Crippen LogP contribution in [0.2, 0.25) is 0 Å². The Labute approximate surface area is 136 Å². The zero-order valence-corrected chi connectivity index (χ0v) is 13.5. The first kappa shape index (κ1) is 15.4. The molecule has 3 rings (SSSR count). The molecule has 0 heterocycles. The number of benzene rings is 2. The van der Waals surface area contributed by atoms with E-state index in [9.17, 15) is 9.59 Å². The van der Waals surface area contributed by atoms with Crippen molar-refractivity contribution in [3.63, 3.8) is 0 Å². The Morgan fingerprint density at radius 2 is 1.39 bits per heavy atom. The molecule has 0 amide bonds. The van der Waals surface area contributed by atoms with Gasteiger partial charge in [0.1, 0.15) is 0 Å². The number of Topliss-reactive ketones (excluding diaryl/α,β-unsaturated/α-hetero) is 2. The zero-order chi connectivity index (χ0) is 16.4. The summed E-state index contributed by atoms with van der Waals surface area (Å²) in [6, 6.07) is 18.5. The fourth-order valence-corrected chi connectivity index (χ4v) is 3.47. The molecule has 0 aliphatic heterocycles. The second kappa shape index (κ2) is 5.96. The average molecular weight is 304 g/mol. The van der Waals surface area contributed by atoms with Gasteiger partial charge in [0.05, 0.1) is 5.41 Å². The van der Waals surface area contributed by atoms with Gasteiger partial charge in [0.15, 0.2) is 11.6 Å². The van der Waals surface area contributed by atoms with Crippen molar-refractivity contribution in [3.05, 3.63) is 82.9 Å². The van der Waals surface area contributed by atoms with Crippen LogP contribution in [0.3, 0.4) is 0 Å². The Hall–Kier alpha value is -2.48. The Morgan fingerprint density at radius 1 is 0.870 bits per heavy atom. The minimum absolute atomic E-state index is 0.0209. The van der Waals surface area contributed by atoms with E-state index in [-0.39, 0.29) is 11.6 Å². The number of carbonyl (C=O) groups excluding carboxylic acids is 2. The van der Waals surface area contributed by atoms with Crippen LogP contribution in [-0.2, 0) is 0 Å². The maximum absolute atomic E-state index is 13.1. The summed E-state index contributed by atoms with van der Waals surface area (Å²) in [6.07, 6.45) is 1.49. The molecular formula is C21H20O2. The van der Waals surface area contributed by atoms with E-state index in [1.165, 1.54) is 0 Å². The van der Waals surface area contributed by atoms with Gasteiger partial charge in [-0.15, -0.1) is 0 Å². The molecular weight excluding hydrogens is 284 g/mol. The minimum atomic E-state index is -0.738. The topological polar surface area (TPSA) is 34.1 Å². The highest BCUT2D eigenvalue weighted by Gasteiger charge is 2.45. The minimum Gasteiger partial charge on any atom is -0.293 e. The first-order valence-corrected chi connectivity index (χ1v) is 7.94. The lowest BCUT2D eigenvalue weighted by Crippen LogP contribution is -2.31. The van der Waals surface area contributed by atoms with Crippen molar-refractivity contribution < 1.29 is 9.59 Å². The lowest BCUT2D eigenvalue weighted by molar-refractivity contribution is 0.0826. The fraction of sp³-hybridized carbons (Fsp3) is 0.238. The van der Waals surface area contributed by atoms with Crippen molar-refractivity contribution in [2.75, 3.05) is 0 Å². The van der Waals surface area contributed by atoms with Gasteiger partial charge in [-0.05, 0) is 26.7 Å². The van der Waals surface area contributed by atoms with Gasteiger partial charge < -0.3 is 0 Å². The third kappa shape index (κ3) is 2.65. The van der Waals surface area contributed by atoms with Crippen LogP contribution < -0.4 is 0 Å². The van der Waals surface area contributed by atoms with Crippen LogP contribution in [0.15, 0.2) is 71.8 Å². The largest absolute Gasteiger partial charge is 0.293 e. The van der Waals surface area contributed by atoms with Gasteiger partial charge in [0, 0.05) is 16.7 Å². The highest BCUT2D eigenvalue weighted by molar-refractivity contribution is 6.16. The van der Waals surface area contributed by atoms with Crippen molar-refractivity contribution in [1.82, 2.24) is 0 Å². The van der Waals surface area contributed by atoms with E-state index in [2.05, 4.69) is 0 Å². The van der Waals surface area contributed by atoms with Gasteiger partial charge in [-0.1, -0.05) is 66.2 Å². The van der Waals surface area contributed by atoms with Crippen LogP contribution >= 0.6 is 0 Å². The SMILES string of the molecule is CC1=C(C(=O)c2ccccc2)C(C)(C(=O)c2ccccc2)CC1. The van der Waals surface area contributed by atoms with Gasteiger partial charge >= 0.3 is 0 Å². The van der Waals surface area contributed by atoms with Gasteiger partial charge in [0.25, 0.3) is 0 Å². The van der Waals surface area contributed by atoms with Crippen molar-refractivity contribution in [2.45, 2.75) is 26.7 Å². The van der Waals surface area contributed by atoms with E-state index in [4.69, 9.17) is 0 Å². The van der Waals surface area contributed by atoms with Gasteiger partial charge in [-0.25, -0.2) is 0 Å². The first-order valence-electron chi connectivity index (χ1n) is 7.94. The number of ketones is 2. The summed E-state index contributed by atoms with van der Waals surface area (Å²) in [7, 11) is 0. The second-order valence-electron chi connectivity index (χ2n) is 6.38. The molecule has 2 heteroatoms. The van der Waals surface area contributed by atoms with Crippen LogP contribution in [0.5, 0.6) is 0 Å². The maximum Gasteiger partial charge on any atom is 0.189 e. The molecule has 0 N–H and O–H groups in total. The van der Waals surface area contributed by atoms with Crippen molar-refractivity contribution in [1.29, 1.82) is 0 Å². The van der Waals surface area contributed by atoms with Crippen LogP contribution in [0, 0.1) is 5.41 Å². The highest BCUT2D eigenvalue weighted by Crippen LogP contribution is 2.46. The number of allylic oxidation sites excluding steroid dienone is 2. The molecule has 116 valence electrons. The van der Waals surface area contributed by atoms with Gasteiger partial charge in [-0.2, -0.15) is 0 Å². The molecule has 1 aliphatic rings. The summed E-state index contributed by atoms with van der Waals surface area (Å²) in [4.78, 5) is 26.1. The molecule has 1 unspecified atom stereocenters. The van der Waals surface area contributed by atoms with Gasteiger partial charge in [-0.3, -0.25) is 9.59 Å². The lowest BCUT2D eigenvalue weighted by Gasteiger charge is -2.26. The van der Waals surface area contributed by atoms with Crippen LogP contribution in [0.4, 0.5) is 0 Å². The molecule has 0 saturated heterocycles. The van der Waals surface area contributed by atoms with Crippen LogP contribution in [0.25, 0.3) is 0 Å². The molecule has 0 radical (unpaired) electrons. The van der Waals surface area contributed by atoms with Crippen LogP contribution in [0.1, 0.15) is 47.4 Å². The molecule has 0 saturated carbocycles. The number of hydrogen-bond donors (Lipinski definition) is 0. The lowest BCUT2D eigenvalue weighted by atomic mass is 9.74. The first-order chi connectivity index (χ1) is 11.0. The molecule has 0 spiro atoms. The summed E-state index contributed by atoms with van der Waals surface area (Å²) in [5, 5.41) is 0. The van der Waals surface area contributed by atoms with E-state index in [0.717, 1.165) is 12.0 Å². The Balaban J connectivity index is 2.03. The Morgan fingerprint density at radius 3 is 1.96 bits per heavy atom. The quantitative estimate of drug-likeness (QED) is 0.755. The summed E-state index contributed by atoms with van der Waals surface area (Å²) in [5.74, 6) is 0.0154. The smallest absolute Gasteiger partial charge is 0.189 e. The molecule has 0 fully saturated rings. The fourth-order valence-electron chi connectivity index (χ4n) is 3.47. The normalized spacial score (nSPS) is 20.6. The van der Waals surface area contributed by atoms with E-state index in [0.29, 0.717) is 23.1 Å². The molecule has 23 heavy (non-hydrogen) atoms. The van der Waals surface area contributed by atoms with E-state index >= 15 is 0 Å².